The second kappa shape index (κ2) is 4.32. The number of imidazole rings is 1. The van der Waals surface area contributed by atoms with Crippen LogP contribution in [0.4, 0.5) is 0 Å². The summed E-state index contributed by atoms with van der Waals surface area (Å²) in [5.41, 5.74) is -0.935. The van der Waals surface area contributed by atoms with E-state index in [2.05, 4.69) is 4.98 Å². The lowest BCUT2D eigenvalue weighted by molar-refractivity contribution is 0.0762. The van der Waals surface area contributed by atoms with E-state index >= 15 is 0 Å². The number of sulfonamides is 1. The van der Waals surface area contributed by atoms with Gasteiger partial charge in [0.1, 0.15) is 5.82 Å². The lowest BCUT2D eigenvalue weighted by Crippen LogP contribution is -2.34. The molecule has 0 amide bonds. The van der Waals surface area contributed by atoms with Crippen molar-refractivity contribution < 1.29 is 13.5 Å². The summed E-state index contributed by atoms with van der Waals surface area (Å²) in [4.78, 5) is 4.10. The van der Waals surface area contributed by atoms with Crippen LogP contribution in [0.1, 0.15) is 26.1 Å². The van der Waals surface area contributed by atoms with Crippen LogP contribution in [0.3, 0.4) is 0 Å². The molecule has 0 spiro atoms. The fraction of sp³-hybridized carbons (Fsp3) is 0.727. The van der Waals surface area contributed by atoms with Crippen LogP contribution in [-0.4, -0.2) is 46.1 Å². The third kappa shape index (κ3) is 2.30. The van der Waals surface area contributed by atoms with Crippen molar-refractivity contribution >= 4 is 10.0 Å². The number of aromatic nitrogens is 2. The average Bonchev–Trinajstić information content (AvgIpc) is 2.82. The Bertz CT molecular complexity index is 548. The Morgan fingerprint density at radius 2 is 2.22 bits per heavy atom. The van der Waals surface area contributed by atoms with Crippen LogP contribution < -0.4 is 0 Å². The molecule has 1 aromatic rings. The van der Waals surface area contributed by atoms with Gasteiger partial charge in [-0.15, -0.1) is 0 Å². The number of hydrogen-bond donors (Lipinski definition) is 1. The third-order valence-corrected chi connectivity index (χ3v) is 5.03. The van der Waals surface area contributed by atoms with Crippen LogP contribution in [0.25, 0.3) is 0 Å². The molecule has 0 aliphatic carbocycles. The minimum absolute atomic E-state index is 0.0690. The summed E-state index contributed by atoms with van der Waals surface area (Å²) >= 11 is 0. The molecular weight excluding hydrogens is 254 g/mol. The van der Waals surface area contributed by atoms with Crippen LogP contribution in [0.15, 0.2) is 11.2 Å². The molecule has 1 fully saturated rings. The van der Waals surface area contributed by atoms with Gasteiger partial charge in [-0.1, -0.05) is 0 Å². The summed E-state index contributed by atoms with van der Waals surface area (Å²) in [7, 11) is -3.58. The van der Waals surface area contributed by atoms with Crippen LogP contribution in [-0.2, 0) is 16.6 Å². The summed E-state index contributed by atoms with van der Waals surface area (Å²) in [5.74, 6) is 0.682. The first-order valence-electron chi connectivity index (χ1n) is 6.02. The Balaban J connectivity index is 2.31. The van der Waals surface area contributed by atoms with Gasteiger partial charge in [-0.05, 0) is 27.2 Å². The van der Waals surface area contributed by atoms with E-state index in [1.54, 1.807) is 24.6 Å². The maximum Gasteiger partial charge on any atom is 0.262 e. The van der Waals surface area contributed by atoms with Crippen LogP contribution in [0.2, 0.25) is 0 Å². The van der Waals surface area contributed by atoms with E-state index in [9.17, 15) is 13.5 Å². The SMILES string of the molecule is CCn1cc(S(=O)(=O)N2CCC(C)(O)C2)nc1C. The molecule has 0 bridgehead atoms. The largest absolute Gasteiger partial charge is 0.389 e. The first-order valence-corrected chi connectivity index (χ1v) is 7.46. The van der Waals surface area contributed by atoms with Crippen molar-refractivity contribution in [3.8, 4) is 0 Å². The van der Waals surface area contributed by atoms with Gasteiger partial charge in [-0.3, -0.25) is 0 Å². The first-order chi connectivity index (χ1) is 8.26. The molecule has 2 heterocycles. The van der Waals surface area contributed by atoms with E-state index < -0.39 is 15.6 Å². The average molecular weight is 273 g/mol. The van der Waals surface area contributed by atoms with E-state index in [4.69, 9.17) is 0 Å². The van der Waals surface area contributed by atoms with E-state index in [-0.39, 0.29) is 11.6 Å². The lowest BCUT2D eigenvalue weighted by Gasteiger charge is -2.17. The molecular formula is C11H19N3O3S. The van der Waals surface area contributed by atoms with Gasteiger partial charge in [0.2, 0.25) is 0 Å². The van der Waals surface area contributed by atoms with Crippen molar-refractivity contribution in [2.45, 2.75) is 44.4 Å². The number of rotatable bonds is 3. The van der Waals surface area contributed by atoms with Crippen LogP contribution in [0.5, 0.6) is 0 Å². The molecule has 1 atom stereocenters. The minimum atomic E-state index is -3.58. The Morgan fingerprint density at radius 3 is 2.67 bits per heavy atom. The topological polar surface area (TPSA) is 75.4 Å². The van der Waals surface area contributed by atoms with Gasteiger partial charge >= 0.3 is 0 Å². The standard InChI is InChI=1S/C11H19N3O3S/c1-4-13-7-10(12-9(13)2)18(16,17)14-6-5-11(3,15)8-14/h7,15H,4-6,8H2,1-3H3. The van der Waals surface area contributed by atoms with E-state index in [1.807, 2.05) is 6.92 Å². The quantitative estimate of drug-likeness (QED) is 0.862. The molecule has 1 N–H and O–H groups in total. The zero-order chi connectivity index (χ0) is 13.6. The van der Waals surface area contributed by atoms with Gasteiger partial charge in [-0.25, -0.2) is 13.4 Å². The van der Waals surface area contributed by atoms with Gasteiger partial charge < -0.3 is 9.67 Å². The fourth-order valence-electron chi connectivity index (χ4n) is 2.16. The predicted octanol–water partition coefficient (Wildman–Crippen LogP) is 0.357. The van der Waals surface area contributed by atoms with Crippen molar-refractivity contribution in [3.05, 3.63) is 12.0 Å². The minimum Gasteiger partial charge on any atom is -0.389 e. The van der Waals surface area contributed by atoms with E-state index in [0.29, 0.717) is 25.3 Å². The number of β-amino-alcohol motifs (C(OH)–C–C–N with tert-alkyl or cyclic N) is 1. The van der Waals surface area contributed by atoms with Crippen molar-refractivity contribution in [1.29, 1.82) is 0 Å². The number of aliphatic hydroxyl groups is 1. The predicted molar refractivity (Wildman–Crippen MR) is 66.6 cm³/mol. The van der Waals surface area contributed by atoms with Crippen LogP contribution in [0, 0.1) is 6.92 Å². The molecule has 7 heteroatoms. The molecule has 1 saturated heterocycles. The Hall–Kier alpha value is -0.920. The van der Waals surface area contributed by atoms with Crippen molar-refractivity contribution in [3.63, 3.8) is 0 Å². The molecule has 2 rings (SSSR count). The highest BCUT2D eigenvalue weighted by Gasteiger charge is 2.39. The highest BCUT2D eigenvalue weighted by molar-refractivity contribution is 7.89. The molecule has 0 saturated carbocycles. The molecule has 1 aromatic heterocycles. The molecule has 1 aliphatic heterocycles. The zero-order valence-electron chi connectivity index (χ0n) is 10.9. The molecule has 6 nitrogen and oxygen atoms in total. The van der Waals surface area contributed by atoms with Gasteiger partial charge in [0.05, 0.1) is 5.60 Å². The summed E-state index contributed by atoms with van der Waals surface area (Å²) < 4.78 is 27.8. The maximum atomic E-state index is 12.3. The smallest absolute Gasteiger partial charge is 0.262 e. The van der Waals surface area contributed by atoms with Crippen LogP contribution >= 0.6 is 0 Å². The summed E-state index contributed by atoms with van der Waals surface area (Å²) in [6.07, 6.45) is 2.01. The number of aryl methyl sites for hydroxylation is 2. The molecule has 18 heavy (non-hydrogen) atoms. The van der Waals surface area contributed by atoms with Gasteiger partial charge in [0.25, 0.3) is 10.0 Å². The second-order valence-electron chi connectivity index (χ2n) is 5.00. The van der Waals surface area contributed by atoms with Crippen molar-refractivity contribution in [1.82, 2.24) is 13.9 Å². The molecule has 0 radical (unpaired) electrons. The third-order valence-electron chi connectivity index (χ3n) is 3.32. The summed E-state index contributed by atoms with van der Waals surface area (Å²) in [5, 5.41) is 9.92. The Labute approximate surface area is 107 Å². The first kappa shape index (κ1) is 13.5. The van der Waals surface area contributed by atoms with E-state index in [0.717, 1.165) is 0 Å². The fourth-order valence-corrected chi connectivity index (χ4v) is 3.72. The molecule has 0 aromatic carbocycles. The molecule has 1 aliphatic rings. The summed E-state index contributed by atoms with van der Waals surface area (Å²) in [6.45, 7) is 6.53. The van der Waals surface area contributed by atoms with E-state index in [1.165, 1.54) is 4.31 Å². The van der Waals surface area contributed by atoms with Crippen molar-refractivity contribution in [2.75, 3.05) is 13.1 Å². The van der Waals surface area contributed by atoms with Gasteiger partial charge in [0.15, 0.2) is 5.03 Å². The number of hydrogen-bond acceptors (Lipinski definition) is 4. The Morgan fingerprint density at radius 1 is 1.56 bits per heavy atom. The highest BCUT2D eigenvalue weighted by atomic mass is 32.2. The van der Waals surface area contributed by atoms with Gasteiger partial charge in [-0.2, -0.15) is 4.31 Å². The monoisotopic (exact) mass is 273 g/mol. The highest BCUT2D eigenvalue weighted by Crippen LogP contribution is 2.26. The zero-order valence-corrected chi connectivity index (χ0v) is 11.7. The molecule has 1 unspecified atom stereocenters. The normalized spacial score (nSPS) is 25.8. The lowest BCUT2D eigenvalue weighted by atomic mass is 10.1. The number of nitrogens with zero attached hydrogens (tertiary/aromatic N) is 3. The van der Waals surface area contributed by atoms with Crippen molar-refractivity contribution in [2.24, 2.45) is 0 Å². The Kier molecular flexibility index (Phi) is 3.25. The molecule has 102 valence electrons. The van der Waals surface area contributed by atoms with Gasteiger partial charge in [0, 0.05) is 25.8 Å². The maximum absolute atomic E-state index is 12.3. The summed E-state index contributed by atoms with van der Waals surface area (Å²) in [6, 6.07) is 0. The second-order valence-corrected chi connectivity index (χ2v) is 6.88.